The summed E-state index contributed by atoms with van der Waals surface area (Å²) in [6, 6.07) is 13.4. The number of imide groups is 1. The van der Waals surface area contributed by atoms with E-state index in [9.17, 15) is 14.4 Å². The molecule has 3 amide bonds. The second kappa shape index (κ2) is 8.67. The van der Waals surface area contributed by atoms with Crippen LogP contribution in [0.15, 0.2) is 42.5 Å². The number of hydrogen-bond acceptors (Lipinski definition) is 5. The molecule has 2 aliphatic rings. The highest BCUT2D eigenvalue weighted by atomic mass is 16.2. The Hall–Kier alpha value is -3.19. The summed E-state index contributed by atoms with van der Waals surface area (Å²) in [4.78, 5) is 37.9. The Morgan fingerprint density at radius 3 is 2.77 bits per heavy atom. The predicted molar refractivity (Wildman–Crippen MR) is 114 cm³/mol. The van der Waals surface area contributed by atoms with Gasteiger partial charge in [-0.2, -0.15) is 0 Å². The van der Waals surface area contributed by atoms with E-state index in [2.05, 4.69) is 22.8 Å². The van der Waals surface area contributed by atoms with Crippen LogP contribution in [0.1, 0.15) is 46.3 Å². The maximum absolute atomic E-state index is 12.8. The van der Waals surface area contributed by atoms with Gasteiger partial charge in [0.1, 0.15) is 6.04 Å². The van der Waals surface area contributed by atoms with Gasteiger partial charge in [-0.15, -0.1) is 0 Å². The van der Waals surface area contributed by atoms with Crippen molar-refractivity contribution in [1.82, 2.24) is 10.2 Å². The number of benzene rings is 2. The molecular weight excluding hydrogens is 380 g/mol. The third-order valence-corrected chi connectivity index (χ3v) is 5.74. The van der Waals surface area contributed by atoms with Crippen molar-refractivity contribution < 1.29 is 14.4 Å². The van der Waals surface area contributed by atoms with E-state index in [4.69, 9.17) is 5.73 Å². The van der Waals surface area contributed by atoms with E-state index >= 15 is 0 Å². The quantitative estimate of drug-likeness (QED) is 0.610. The number of carbonyl (C=O) groups is 3. The molecule has 0 aromatic heterocycles. The van der Waals surface area contributed by atoms with Gasteiger partial charge >= 0.3 is 0 Å². The number of carbonyl (C=O) groups excluding carboxylic acids is 3. The van der Waals surface area contributed by atoms with Gasteiger partial charge in [0, 0.05) is 30.8 Å². The number of hydrogen-bond donors (Lipinski definition) is 3. The lowest BCUT2D eigenvalue weighted by Gasteiger charge is -2.29. The van der Waals surface area contributed by atoms with Crippen LogP contribution < -0.4 is 16.4 Å². The van der Waals surface area contributed by atoms with Gasteiger partial charge in [0.15, 0.2) is 0 Å². The van der Waals surface area contributed by atoms with Gasteiger partial charge < -0.3 is 16.0 Å². The lowest BCUT2D eigenvalue weighted by atomic mass is 10.0. The van der Waals surface area contributed by atoms with Crippen molar-refractivity contribution in [3.8, 4) is 0 Å². The molecule has 0 radical (unpaired) electrons. The Labute approximate surface area is 175 Å². The number of fused-ring (bicyclic) bond motifs is 1. The maximum Gasteiger partial charge on any atom is 0.255 e. The number of para-hydroxylation sites is 1. The van der Waals surface area contributed by atoms with Crippen LogP contribution in [0.5, 0.6) is 0 Å². The first-order valence-electron chi connectivity index (χ1n) is 10.3. The zero-order valence-electron chi connectivity index (χ0n) is 16.8. The molecule has 0 bridgehead atoms. The highest BCUT2D eigenvalue weighted by Gasteiger charge is 2.38. The third kappa shape index (κ3) is 4.07. The Balaban J connectivity index is 1.45. The summed E-state index contributed by atoms with van der Waals surface area (Å²) in [6.07, 6.45) is 2.50. The van der Waals surface area contributed by atoms with Crippen molar-refractivity contribution in [2.45, 2.75) is 44.8 Å². The Bertz CT molecular complexity index is 988. The largest absolute Gasteiger partial charge is 0.381 e. The van der Waals surface area contributed by atoms with Gasteiger partial charge in [-0.3, -0.25) is 19.7 Å². The van der Waals surface area contributed by atoms with Crippen LogP contribution in [0.3, 0.4) is 0 Å². The summed E-state index contributed by atoms with van der Waals surface area (Å²) in [5.41, 5.74) is 10.6. The molecule has 0 saturated carbocycles. The van der Waals surface area contributed by atoms with Crippen LogP contribution in [0.2, 0.25) is 0 Å². The van der Waals surface area contributed by atoms with Crippen LogP contribution in [0.25, 0.3) is 0 Å². The van der Waals surface area contributed by atoms with Crippen molar-refractivity contribution in [2.75, 3.05) is 11.9 Å². The molecule has 1 unspecified atom stereocenters. The van der Waals surface area contributed by atoms with Crippen LogP contribution in [0.4, 0.5) is 5.69 Å². The molecule has 4 N–H and O–H groups in total. The number of aryl methyl sites for hydroxylation is 1. The standard InChI is InChI=1S/C23H26N4O3/c24-11-3-5-16-4-1-2-6-19(16)25-13-15-7-8-18-17(12-15)14-27(23(18)30)20-9-10-21(28)26-22(20)29/h1-2,4,6-8,12,20,25H,3,5,9-11,13-14,24H2,(H,26,28,29). The topological polar surface area (TPSA) is 105 Å². The molecule has 1 fully saturated rings. The Morgan fingerprint density at radius 2 is 1.97 bits per heavy atom. The summed E-state index contributed by atoms with van der Waals surface area (Å²) in [6.45, 7) is 1.69. The monoisotopic (exact) mass is 406 g/mol. The number of rotatable bonds is 7. The second-order valence-corrected chi connectivity index (χ2v) is 7.79. The molecule has 0 aliphatic carbocycles. The van der Waals surface area contributed by atoms with E-state index in [0.29, 0.717) is 31.6 Å². The first-order chi connectivity index (χ1) is 14.6. The van der Waals surface area contributed by atoms with E-state index in [1.54, 1.807) is 4.90 Å². The minimum Gasteiger partial charge on any atom is -0.381 e. The lowest BCUT2D eigenvalue weighted by molar-refractivity contribution is -0.136. The van der Waals surface area contributed by atoms with Crippen LogP contribution >= 0.6 is 0 Å². The fourth-order valence-corrected chi connectivity index (χ4v) is 4.14. The molecule has 1 saturated heterocycles. The average molecular weight is 406 g/mol. The summed E-state index contributed by atoms with van der Waals surface area (Å²) < 4.78 is 0. The number of anilines is 1. The predicted octanol–water partition coefficient (Wildman–Crippen LogP) is 1.95. The summed E-state index contributed by atoms with van der Waals surface area (Å²) in [5, 5.41) is 5.82. The smallest absolute Gasteiger partial charge is 0.255 e. The molecule has 7 heteroatoms. The fraction of sp³-hybridized carbons (Fsp3) is 0.348. The number of amides is 3. The number of nitrogens with zero attached hydrogens (tertiary/aromatic N) is 1. The minimum absolute atomic E-state index is 0.147. The normalized spacial score (nSPS) is 18.4. The van der Waals surface area contributed by atoms with Crippen LogP contribution in [-0.2, 0) is 29.1 Å². The van der Waals surface area contributed by atoms with Gasteiger partial charge in [-0.25, -0.2) is 0 Å². The molecule has 2 aliphatic heterocycles. The molecular formula is C23H26N4O3. The Morgan fingerprint density at radius 1 is 1.13 bits per heavy atom. The van der Waals surface area contributed by atoms with E-state index in [-0.39, 0.29) is 24.1 Å². The highest BCUT2D eigenvalue weighted by molar-refractivity contribution is 6.05. The van der Waals surface area contributed by atoms with Crippen molar-refractivity contribution >= 4 is 23.4 Å². The first kappa shape index (κ1) is 20.1. The molecule has 156 valence electrons. The zero-order valence-corrected chi connectivity index (χ0v) is 16.8. The van der Waals surface area contributed by atoms with Gasteiger partial charge in [0.25, 0.3) is 5.91 Å². The van der Waals surface area contributed by atoms with E-state index in [1.807, 2.05) is 30.3 Å². The zero-order chi connectivity index (χ0) is 21.1. The molecule has 2 aromatic rings. The molecule has 0 spiro atoms. The minimum atomic E-state index is -0.585. The van der Waals surface area contributed by atoms with Crippen molar-refractivity contribution in [3.05, 3.63) is 64.7 Å². The molecule has 30 heavy (non-hydrogen) atoms. The van der Waals surface area contributed by atoms with Gasteiger partial charge in [-0.1, -0.05) is 30.3 Å². The second-order valence-electron chi connectivity index (χ2n) is 7.79. The fourth-order valence-electron chi connectivity index (χ4n) is 4.14. The molecule has 7 nitrogen and oxygen atoms in total. The lowest BCUT2D eigenvalue weighted by Crippen LogP contribution is -2.52. The van der Waals surface area contributed by atoms with Crippen molar-refractivity contribution in [3.63, 3.8) is 0 Å². The van der Waals surface area contributed by atoms with Gasteiger partial charge in [-0.05, 0) is 54.6 Å². The number of piperidine rings is 1. The van der Waals surface area contributed by atoms with Crippen molar-refractivity contribution in [2.24, 2.45) is 5.73 Å². The van der Waals surface area contributed by atoms with E-state index in [0.717, 1.165) is 29.7 Å². The van der Waals surface area contributed by atoms with E-state index in [1.165, 1.54) is 5.56 Å². The maximum atomic E-state index is 12.8. The van der Waals surface area contributed by atoms with E-state index < -0.39 is 6.04 Å². The van der Waals surface area contributed by atoms with Gasteiger partial charge in [0.05, 0.1) is 0 Å². The first-order valence-corrected chi connectivity index (χ1v) is 10.3. The SMILES string of the molecule is NCCCc1ccccc1NCc1ccc2c(c1)CN(C1CCC(=O)NC1=O)C2=O. The summed E-state index contributed by atoms with van der Waals surface area (Å²) in [5.74, 6) is -0.810. The third-order valence-electron chi connectivity index (χ3n) is 5.74. The highest BCUT2D eigenvalue weighted by Crippen LogP contribution is 2.28. The Kier molecular flexibility index (Phi) is 5.81. The number of nitrogens with one attached hydrogen (secondary N) is 2. The molecule has 4 rings (SSSR count). The average Bonchev–Trinajstić information content (AvgIpc) is 3.07. The molecule has 2 heterocycles. The van der Waals surface area contributed by atoms with Gasteiger partial charge in [0.2, 0.25) is 11.8 Å². The van der Waals surface area contributed by atoms with Crippen LogP contribution in [0, 0.1) is 0 Å². The summed E-state index contributed by atoms with van der Waals surface area (Å²) >= 11 is 0. The molecule has 1 atom stereocenters. The van der Waals surface area contributed by atoms with Crippen LogP contribution in [-0.4, -0.2) is 35.2 Å². The summed E-state index contributed by atoms with van der Waals surface area (Å²) in [7, 11) is 0. The van der Waals surface area contributed by atoms with Crippen molar-refractivity contribution in [1.29, 1.82) is 0 Å². The molecule has 2 aromatic carbocycles. The number of nitrogens with two attached hydrogens (primary N) is 1.